The van der Waals surface area contributed by atoms with E-state index >= 15 is 0 Å². The van der Waals surface area contributed by atoms with E-state index in [4.69, 9.17) is 5.11 Å². The Morgan fingerprint density at radius 2 is 2.16 bits per heavy atom. The van der Waals surface area contributed by atoms with Crippen molar-refractivity contribution in [2.45, 2.75) is 19.3 Å². The van der Waals surface area contributed by atoms with Crippen LogP contribution in [0.3, 0.4) is 0 Å². The molecular weight excluding hydrogens is 273 g/mol. The van der Waals surface area contributed by atoms with E-state index in [9.17, 15) is 17.6 Å². The van der Waals surface area contributed by atoms with Gasteiger partial charge in [-0.3, -0.25) is 9.10 Å². The number of hydrogen-bond acceptors (Lipinski definition) is 3. The molecule has 5 nitrogen and oxygen atoms in total. The minimum atomic E-state index is -3.44. The molecule has 1 saturated heterocycles. The summed E-state index contributed by atoms with van der Waals surface area (Å²) in [7, 11) is -3.44. The van der Waals surface area contributed by atoms with E-state index in [1.54, 1.807) is 0 Å². The third kappa shape index (κ3) is 2.56. The van der Waals surface area contributed by atoms with E-state index < -0.39 is 27.7 Å². The molecule has 1 unspecified atom stereocenters. The van der Waals surface area contributed by atoms with Crippen LogP contribution < -0.4 is 4.31 Å². The Morgan fingerprint density at radius 3 is 2.63 bits per heavy atom. The molecule has 104 valence electrons. The van der Waals surface area contributed by atoms with Crippen LogP contribution in [0.5, 0.6) is 0 Å². The molecule has 0 aromatic heterocycles. The first-order chi connectivity index (χ1) is 8.83. The second-order valence-corrected chi connectivity index (χ2v) is 6.53. The maximum atomic E-state index is 14.0. The number of nitrogens with zero attached hydrogens (tertiary/aromatic N) is 1. The van der Waals surface area contributed by atoms with Gasteiger partial charge in [0.2, 0.25) is 10.0 Å². The number of hydrogen-bond donors (Lipinski definition) is 1. The number of halogens is 1. The molecule has 1 aliphatic rings. The molecule has 0 spiro atoms. The number of carboxylic acid groups (broad SMARTS) is 1. The molecule has 7 heteroatoms. The van der Waals surface area contributed by atoms with Crippen molar-refractivity contribution in [1.82, 2.24) is 0 Å². The predicted molar refractivity (Wildman–Crippen MR) is 68.2 cm³/mol. The highest BCUT2D eigenvalue weighted by molar-refractivity contribution is 7.93. The van der Waals surface area contributed by atoms with Crippen LogP contribution in [0.4, 0.5) is 10.1 Å². The van der Waals surface area contributed by atoms with Gasteiger partial charge in [0.1, 0.15) is 5.82 Å². The van der Waals surface area contributed by atoms with Crippen LogP contribution in [-0.2, 0) is 14.8 Å². The van der Waals surface area contributed by atoms with Crippen molar-refractivity contribution in [3.05, 3.63) is 29.6 Å². The zero-order valence-electron chi connectivity index (χ0n) is 10.3. The quantitative estimate of drug-likeness (QED) is 0.915. The molecule has 2 rings (SSSR count). The summed E-state index contributed by atoms with van der Waals surface area (Å²) in [6.45, 7) is 1.70. The Labute approximate surface area is 110 Å². The third-order valence-corrected chi connectivity index (χ3v) is 5.07. The van der Waals surface area contributed by atoms with Crippen LogP contribution >= 0.6 is 0 Å². The number of anilines is 1. The third-order valence-electron chi connectivity index (χ3n) is 3.21. The van der Waals surface area contributed by atoms with Gasteiger partial charge >= 0.3 is 5.97 Å². The molecule has 0 aliphatic carbocycles. The van der Waals surface area contributed by atoms with Gasteiger partial charge in [0.05, 0.1) is 17.4 Å². The highest BCUT2D eigenvalue weighted by atomic mass is 32.2. The van der Waals surface area contributed by atoms with E-state index in [2.05, 4.69) is 0 Å². The Balaban J connectivity index is 2.38. The van der Waals surface area contributed by atoms with Gasteiger partial charge in [0.25, 0.3) is 0 Å². The summed E-state index contributed by atoms with van der Waals surface area (Å²) in [5, 5.41) is 8.86. The van der Waals surface area contributed by atoms with Gasteiger partial charge in [-0.2, -0.15) is 0 Å². The zero-order valence-corrected chi connectivity index (χ0v) is 11.2. The lowest BCUT2D eigenvalue weighted by Gasteiger charge is -2.18. The smallest absolute Gasteiger partial charge is 0.310 e. The van der Waals surface area contributed by atoms with E-state index in [-0.39, 0.29) is 18.0 Å². The molecular formula is C12H14FNO4S. The minimum Gasteiger partial charge on any atom is -0.481 e. The Morgan fingerprint density at radius 1 is 1.47 bits per heavy atom. The fourth-order valence-corrected chi connectivity index (χ4v) is 3.62. The summed E-state index contributed by atoms with van der Waals surface area (Å²) in [5.74, 6) is -2.59. The summed E-state index contributed by atoms with van der Waals surface area (Å²) in [6.07, 6.45) is 0.467. The number of aliphatic carboxylic acids is 1. The molecule has 1 atom stereocenters. The van der Waals surface area contributed by atoms with Crippen molar-refractivity contribution in [1.29, 1.82) is 0 Å². The van der Waals surface area contributed by atoms with E-state index in [0.29, 0.717) is 12.0 Å². The van der Waals surface area contributed by atoms with Gasteiger partial charge in [-0.05, 0) is 31.0 Å². The average Bonchev–Trinajstić information content (AvgIpc) is 2.67. The summed E-state index contributed by atoms with van der Waals surface area (Å²) in [4.78, 5) is 10.8. The van der Waals surface area contributed by atoms with Crippen LogP contribution in [-0.4, -0.2) is 31.8 Å². The van der Waals surface area contributed by atoms with E-state index in [1.807, 2.05) is 0 Å². The second kappa shape index (κ2) is 4.80. The van der Waals surface area contributed by atoms with Gasteiger partial charge in [-0.15, -0.1) is 0 Å². The molecule has 1 fully saturated rings. The molecule has 19 heavy (non-hydrogen) atoms. The van der Waals surface area contributed by atoms with Gasteiger partial charge < -0.3 is 5.11 Å². The summed E-state index contributed by atoms with van der Waals surface area (Å²) in [6, 6.07) is 3.86. The van der Waals surface area contributed by atoms with Crippen LogP contribution in [0.15, 0.2) is 18.2 Å². The van der Waals surface area contributed by atoms with Crippen molar-refractivity contribution in [3.8, 4) is 0 Å². The molecule has 0 amide bonds. The average molecular weight is 287 g/mol. The first kappa shape index (κ1) is 13.8. The van der Waals surface area contributed by atoms with Crippen LogP contribution in [0.2, 0.25) is 0 Å². The lowest BCUT2D eigenvalue weighted by Crippen LogP contribution is -2.26. The second-order valence-electron chi connectivity index (χ2n) is 4.51. The maximum Gasteiger partial charge on any atom is 0.310 e. The SMILES string of the molecule is CC(C(=O)O)c1ccc(N2CCCS2(=O)=O)c(F)c1. The first-order valence-corrected chi connectivity index (χ1v) is 7.46. The number of sulfonamides is 1. The highest BCUT2D eigenvalue weighted by Gasteiger charge is 2.30. The first-order valence-electron chi connectivity index (χ1n) is 5.85. The van der Waals surface area contributed by atoms with E-state index in [0.717, 1.165) is 10.4 Å². The minimum absolute atomic E-state index is 0.0136. The molecule has 0 saturated carbocycles. The van der Waals surface area contributed by atoms with Crippen molar-refractivity contribution in [2.75, 3.05) is 16.6 Å². The molecule has 1 N–H and O–H groups in total. The molecule has 0 bridgehead atoms. The summed E-state index contributed by atoms with van der Waals surface area (Å²) in [5.41, 5.74) is 0.296. The van der Waals surface area contributed by atoms with Crippen molar-refractivity contribution < 1.29 is 22.7 Å². The fraction of sp³-hybridized carbons (Fsp3) is 0.417. The molecule has 1 heterocycles. The summed E-state index contributed by atoms with van der Waals surface area (Å²) < 4.78 is 38.4. The maximum absolute atomic E-state index is 14.0. The van der Waals surface area contributed by atoms with Crippen LogP contribution in [0.1, 0.15) is 24.8 Å². The van der Waals surface area contributed by atoms with Crippen molar-refractivity contribution in [3.63, 3.8) is 0 Å². The largest absolute Gasteiger partial charge is 0.481 e. The van der Waals surface area contributed by atoms with E-state index in [1.165, 1.54) is 19.1 Å². The van der Waals surface area contributed by atoms with Crippen molar-refractivity contribution in [2.24, 2.45) is 0 Å². The number of carbonyl (C=O) groups is 1. The molecule has 1 aromatic rings. The van der Waals surface area contributed by atoms with Gasteiger partial charge in [0.15, 0.2) is 0 Å². The molecule has 1 aliphatic heterocycles. The van der Waals surface area contributed by atoms with Crippen LogP contribution in [0.25, 0.3) is 0 Å². The van der Waals surface area contributed by atoms with Crippen LogP contribution in [0, 0.1) is 5.82 Å². The van der Waals surface area contributed by atoms with Gasteiger partial charge in [0, 0.05) is 6.54 Å². The lowest BCUT2D eigenvalue weighted by atomic mass is 10.0. The van der Waals surface area contributed by atoms with Crippen molar-refractivity contribution >= 4 is 21.7 Å². The normalized spacial score (nSPS) is 19.4. The standard InChI is InChI=1S/C12H14FNO4S/c1-8(12(15)16)9-3-4-11(10(13)7-9)14-5-2-6-19(14,17)18/h3-4,7-8H,2,5-6H2,1H3,(H,15,16). The molecule has 1 aromatic carbocycles. The Bertz CT molecular complexity index is 614. The monoisotopic (exact) mass is 287 g/mol. The number of rotatable bonds is 3. The zero-order chi connectivity index (χ0) is 14.2. The predicted octanol–water partition coefficient (Wildman–Crippen LogP) is 1.55. The molecule has 0 radical (unpaired) electrons. The summed E-state index contributed by atoms with van der Waals surface area (Å²) >= 11 is 0. The van der Waals surface area contributed by atoms with Gasteiger partial charge in [-0.1, -0.05) is 6.07 Å². The number of benzene rings is 1. The topological polar surface area (TPSA) is 74.7 Å². The lowest BCUT2D eigenvalue weighted by molar-refractivity contribution is -0.138. The Kier molecular flexibility index (Phi) is 3.49. The Hall–Kier alpha value is -1.63. The van der Waals surface area contributed by atoms with Gasteiger partial charge in [-0.25, -0.2) is 12.8 Å². The number of carboxylic acids is 1. The highest BCUT2D eigenvalue weighted by Crippen LogP contribution is 2.29. The fourth-order valence-electron chi connectivity index (χ4n) is 2.05.